The van der Waals surface area contributed by atoms with E-state index in [1.54, 1.807) is 11.3 Å². The van der Waals surface area contributed by atoms with Gasteiger partial charge < -0.3 is 0 Å². The van der Waals surface area contributed by atoms with E-state index in [1.165, 1.54) is 4.88 Å². The van der Waals surface area contributed by atoms with Crippen LogP contribution in [0.1, 0.15) is 23.6 Å². The molecule has 1 atom stereocenters. The highest BCUT2D eigenvalue weighted by Gasteiger charge is 2.15. The summed E-state index contributed by atoms with van der Waals surface area (Å²) < 4.78 is 1.02. The second kappa shape index (κ2) is 4.45. The SMILES string of the molecule is CC(C)C(Br)c1cc(Cl)c(Br)s1. The van der Waals surface area contributed by atoms with Gasteiger partial charge in [0.1, 0.15) is 0 Å². The minimum Gasteiger partial charge on any atom is -0.130 e. The van der Waals surface area contributed by atoms with Gasteiger partial charge in [-0.1, -0.05) is 41.4 Å². The lowest BCUT2D eigenvalue weighted by Crippen LogP contribution is -1.95. The fourth-order valence-corrected chi connectivity index (χ4v) is 3.14. The van der Waals surface area contributed by atoms with Gasteiger partial charge in [-0.2, -0.15) is 0 Å². The zero-order chi connectivity index (χ0) is 9.30. The van der Waals surface area contributed by atoms with Crippen LogP contribution in [0.4, 0.5) is 0 Å². The van der Waals surface area contributed by atoms with Crippen LogP contribution in [0.3, 0.4) is 0 Å². The molecule has 1 unspecified atom stereocenters. The number of hydrogen-bond donors (Lipinski definition) is 0. The van der Waals surface area contributed by atoms with Crippen molar-refractivity contribution in [2.45, 2.75) is 18.7 Å². The lowest BCUT2D eigenvalue weighted by Gasteiger charge is -2.10. The van der Waals surface area contributed by atoms with E-state index in [4.69, 9.17) is 11.6 Å². The Morgan fingerprint density at radius 3 is 2.42 bits per heavy atom. The summed E-state index contributed by atoms with van der Waals surface area (Å²) in [4.78, 5) is 1.69. The quantitative estimate of drug-likeness (QED) is 0.648. The fourth-order valence-electron chi connectivity index (χ4n) is 0.828. The van der Waals surface area contributed by atoms with E-state index >= 15 is 0 Å². The minimum absolute atomic E-state index is 0.409. The number of rotatable bonds is 2. The maximum Gasteiger partial charge on any atom is 0.0887 e. The fraction of sp³-hybridized carbons (Fsp3) is 0.500. The predicted octanol–water partition coefficient (Wildman–Crippen LogP) is 5.26. The Morgan fingerprint density at radius 2 is 2.08 bits per heavy atom. The van der Waals surface area contributed by atoms with Crippen LogP contribution in [0.2, 0.25) is 5.02 Å². The second-order valence-electron chi connectivity index (χ2n) is 2.92. The van der Waals surface area contributed by atoms with E-state index in [9.17, 15) is 0 Å². The molecule has 0 spiro atoms. The summed E-state index contributed by atoms with van der Waals surface area (Å²) in [5.41, 5.74) is 0. The molecule has 0 amide bonds. The van der Waals surface area contributed by atoms with Gasteiger partial charge in [0.25, 0.3) is 0 Å². The molecule has 0 saturated heterocycles. The molecule has 0 aromatic carbocycles. The molecule has 1 aromatic heterocycles. The molecule has 4 heteroatoms. The average Bonchev–Trinajstić information content (AvgIpc) is 2.30. The first-order valence-corrected chi connectivity index (χ1v) is 6.51. The summed E-state index contributed by atoms with van der Waals surface area (Å²) in [5.74, 6) is 0.589. The van der Waals surface area contributed by atoms with Gasteiger partial charge in [-0.05, 0) is 27.9 Å². The van der Waals surface area contributed by atoms with Gasteiger partial charge in [-0.15, -0.1) is 11.3 Å². The van der Waals surface area contributed by atoms with E-state index < -0.39 is 0 Å². The average molecular weight is 332 g/mol. The molecule has 0 fully saturated rings. The van der Waals surface area contributed by atoms with E-state index in [0.717, 1.165) is 8.81 Å². The topological polar surface area (TPSA) is 0 Å². The lowest BCUT2D eigenvalue weighted by atomic mass is 10.1. The first-order valence-electron chi connectivity index (χ1n) is 3.61. The van der Waals surface area contributed by atoms with Gasteiger partial charge in [-0.25, -0.2) is 0 Å². The molecule has 1 aromatic rings. The minimum atomic E-state index is 0.409. The van der Waals surface area contributed by atoms with Crippen molar-refractivity contribution in [2.24, 2.45) is 5.92 Å². The van der Waals surface area contributed by atoms with Gasteiger partial charge >= 0.3 is 0 Å². The van der Waals surface area contributed by atoms with Crippen LogP contribution in [0.25, 0.3) is 0 Å². The highest BCUT2D eigenvalue weighted by atomic mass is 79.9. The zero-order valence-corrected chi connectivity index (χ0v) is 11.5. The molecule has 1 heterocycles. The molecular formula is C8H9Br2ClS. The molecule has 0 saturated carbocycles. The Labute approximate surface area is 98.6 Å². The van der Waals surface area contributed by atoms with Gasteiger partial charge in [-0.3, -0.25) is 0 Å². The van der Waals surface area contributed by atoms with Crippen LogP contribution in [0, 0.1) is 5.92 Å². The predicted molar refractivity (Wildman–Crippen MR) is 63.5 cm³/mol. The Balaban J connectivity index is 2.89. The van der Waals surface area contributed by atoms with Gasteiger partial charge in [0.05, 0.1) is 13.6 Å². The van der Waals surface area contributed by atoms with Gasteiger partial charge in [0.2, 0.25) is 0 Å². The summed E-state index contributed by atoms with van der Waals surface area (Å²) in [6, 6.07) is 2.01. The first-order chi connectivity index (χ1) is 5.52. The van der Waals surface area contributed by atoms with Crippen LogP contribution in [-0.2, 0) is 0 Å². The summed E-state index contributed by atoms with van der Waals surface area (Å²) in [6.07, 6.45) is 0. The molecule has 0 N–H and O–H groups in total. The molecule has 0 bridgehead atoms. The Kier molecular flexibility index (Phi) is 4.09. The van der Waals surface area contributed by atoms with Crippen LogP contribution < -0.4 is 0 Å². The molecule has 0 nitrogen and oxygen atoms in total. The molecule has 68 valence electrons. The van der Waals surface area contributed by atoms with Crippen LogP contribution >= 0.6 is 54.8 Å². The normalized spacial score (nSPS) is 13.8. The number of halogens is 3. The van der Waals surface area contributed by atoms with Gasteiger partial charge in [0, 0.05) is 4.88 Å². The standard InChI is InChI=1S/C8H9Br2ClS/c1-4(2)7(9)6-3-5(11)8(10)12-6/h3-4,7H,1-2H3. The Bertz CT molecular complexity index is 251. The smallest absolute Gasteiger partial charge is 0.0887 e. The van der Waals surface area contributed by atoms with Crippen LogP contribution in [0.15, 0.2) is 9.85 Å². The molecular weight excluding hydrogens is 323 g/mol. The maximum atomic E-state index is 5.92. The summed E-state index contributed by atoms with van der Waals surface area (Å²) in [7, 11) is 0. The second-order valence-corrected chi connectivity index (χ2v) is 6.71. The third kappa shape index (κ3) is 2.47. The lowest BCUT2D eigenvalue weighted by molar-refractivity contribution is 0.648. The summed E-state index contributed by atoms with van der Waals surface area (Å²) in [6.45, 7) is 4.36. The van der Waals surface area contributed by atoms with Gasteiger partial charge in [0.15, 0.2) is 0 Å². The largest absolute Gasteiger partial charge is 0.130 e. The molecule has 0 aliphatic heterocycles. The van der Waals surface area contributed by atoms with Crippen molar-refractivity contribution in [1.82, 2.24) is 0 Å². The van der Waals surface area contributed by atoms with Crippen molar-refractivity contribution in [3.8, 4) is 0 Å². The van der Waals surface area contributed by atoms with Crippen molar-refractivity contribution in [2.75, 3.05) is 0 Å². The summed E-state index contributed by atoms with van der Waals surface area (Å²) >= 11 is 14.6. The molecule has 0 aliphatic rings. The van der Waals surface area contributed by atoms with Crippen molar-refractivity contribution >= 4 is 54.8 Å². The number of thiophene rings is 1. The third-order valence-corrected chi connectivity index (χ3v) is 5.93. The van der Waals surface area contributed by atoms with Crippen molar-refractivity contribution in [3.63, 3.8) is 0 Å². The van der Waals surface area contributed by atoms with Crippen LogP contribution in [0.5, 0.6) is 0 Å². The highest BCUT2D eigenvalue weighted by molar-refractivity contribution is 9.11. The van der Waals surface area contributed by atoms with E-state index in [2.05, 4.69) is 45.7 Å². The van der Waals surface area contributed by atoms with Crippen molar-refractivity contribution < 1.29 is 0 Å². The zero-order valence-electron chi connectivity index (χ0n) is 6.77. The van der Waals surface area contributed by atoms with E-state index in [1.807, 2.05) is 6.07 Å². The molecule has 0 aliphatic carbocycles. The van der Waals surface area contributed by atoms with Crippen molar-refractivity contribution in [3.05, 3.63) is 19.8 Å². The Morgan fingerprint density at radius 1 is 1.50 bits per heavy atom. The molecule has 12 heavy (non-hydrogen) atoms. The number of hydrogen-bond acceptors (Lipinski definition) is 1. The first kappa shape index (κ1) is 11.0. The van der Waals surface area contributed by atoms with Crippen molar-refractivity contribution in [1.29, 1.82) is 0 Å². The Hall–Kier alpha value is 0.950. The van der Waals surface area contributed by atoms with E-state index in [-0.39, 0.29) is 0 Å². The summed E-state index contributed by atoms with van der Waals surface area (Å²) in [5, 5.41) is 0.806. The monoisotopic (exact) mass is 330 g/mol. The van der Waals surface area contributed by atoms with E-state index in [0.29, 0.717) is 10.7 Å². The number of alkyl halides is 1. The highest BCUT2D eigenvalue weighted by Crippen LogP contribution is 2.41. The third-order valence-electron chi connectivity index (χ3n) is 1.52. The molecule has 1 rings (SSSR count). The maximum absolute atomic E-state index is 5.92. The van der Waals surface area contributed by atoms with Crippen LogP contribution in [-0.4, -0.2) is 0 Å². The molecule has 0 radical (unpaired) electrons.